The number of carbonyl (C=O) groups excluding carboxylic acids is 2. The highest BCUT2D eigenvalue weighted by atomic mass is 32.1. The van der Waals surface area contributed by atoms with Crippen LogP contribution >= 0.6 is 11.3 Å². The molecule has 1 aromatic rings. The molecule has 0 saturated carbocycles. The minimum Gasteiger partial charge on any atom is -0.385 e. The van der Waals surface area contributed by atoms with Crippen molar-refractivity contribution < 1.29 is 14.3 Å². The quantitative estimate of drug-likeness (QED) is 0.609. The van der Waals surface area contributed by atoms with Crippen molar-refractivity contribution in [2.45, 2.75) is 19.8 Å². The number of anilines is 1. The van der Waals surface area contributed by atoms with Crippen LogP contribution in [0.25, 0.3) is 0 Å². The number of ketones is 1. The molecule has 0 unspecified atom stereocenters. The number of Topliss-reactive ketones (excluding diaryl/α,β-unsaturated/α-hetero) is 1. The Hall–Kier alpha value is -1.27. The van der Waals surface area contributed by atoms with Crippen LogP contribution in [0, 0.1) is 0 Å². The van der Waals surface area contributed by atoms with Crippen LogP contribution in [0.4, 0.5) is 5.13 Å². The van der Waals surface area contributed by atoms with Gasteiger partial charge in [-0.3, -0.25) is 9.59 Å². The molecule has 0 atom stereocenters. The molecule has 0 radical (unpaired) electrons. The lowest BCUT2D eigenvalue weighted by molar-refractivity contribution is -0.116. The Kier molecular flexibility index (Phi) is 5.07. The fourth-order valence-corrected chi connectivity index (χ4v) is 1.82. The molecule has 1 rings (SSSR count). The summed E-state index contributed by atoms with van der Waals surface area (Å²) in [5.74, 6) is -0.211. The van der Waals surface area contributed by atoms with Gasteiger partial charge in [-0.1, -0.05) is 0 Å². The van der Waals surface area contributed by atoms with Crippen molar-refractivity contribution in [1.29, 1.82) is 0 Å². The zero-order valence-electron chi connectivity index (χ0n) is 9.28. The molecule has 16 heavy (non-hydrogen) atoms. The molecule has 0 bridgehead atoms. The van der Waals surface area contributed by atoms with Crippen LogP contribution in [0.5, 0.6) is 0 Å². The number of nitrogens with zero attached hydrogens (tertiary/aromatic N) is 1. The van der Waals surface area contributed by atoms with E-state index >= 15 is 0 Å². The van der Waals surface area contributed by atoms with Crippen LogP contribution in [0.1, 0.15) is 30.3 Å². The summed E-state index contributed by atoms with van der Waals surface area (Å²) >= 11 is 1.25. The number of rotatable bonds is 6. The summed E-state index contributed by atoms with van der Waals surface area (Å²) in [5.41, 5.74) is 0.386. The van der Waals surface area contributed by atoms with Crippen molar-refractivity contribution in [3.8, 4) is 0 Å². The highest BCUT2D eigenvalue weighted by Crippen LogP contribution is 2.15. The molecule has 1 aromatic heterocycles. The second-order valence-corrected chi connectivity index (χ2v) is 4.10. The van der Waals surface area contributed by atoms with Crippen molar-refractivity contribution in [3.05, 3.63) is 11.1 Å². The van der Waals surface area contributed by atoms with E-state index in [-0.39, 0.29) is 11.7 Å². The van der Waals surface area contributed by atoms with Crippen LogP contribution < -0.4 is 5.32 Å². The third kappa shape index (κ3) is 4.08. The fourth-order valence-electron chi connectivity index (χ4n) is 1.05. The summed E-state index contributed by atoms with van der Waals surface area (Å²) < 4.78 is 4.84. The average Bonchev–Trinajstić information content (AvgIpc) is 2.66. The van der Waals surface area contributed by atoms with Crippen molar-refractivity contribution >= 4 is 28.2 Å². The second kappa shape index (κ2) is 6.34. The van der Waals surface area contributed by atoms with Crippen molar-refractivity contribution in [2.75, 3.05) is 19.0 Å². The molecule has 0 spiro atoms. The topological polar surface area (TPSA) is 68.3 Å². The van der Waals surface area contributed by atoms with Gasteiger partial charge in [0, 0.05) is 32.4 Å². The number of hydrogen-bond donors (Lipinski definition) is 1. The number of nitrogens with one attached hydrogen (secondary N) is 1. The number of aromatic nitrogens is 1. The molecule has 88 valence electrons. The van der Waals surface area contributed by atoms with E-state index in [1.807, 2.05) is 0 Å². The van der Waals surface area contributed by atoms with E-state index in [4.69, 9.17) is 4.74 Å². The Morgan fingerprint density at radius 1 is 1.56 bits per heavy atom. The number of hydrogen-bond acceptors (Lipinski definition) is 5. The molecule has 1 heterocycles. The van der Waals surface area contributed by atoms with Crippen LogP contribution in [0.2, 0.25) is 0 Å². The monoisotopic (exact) mass is 242 g/mol. The molecular weight excluding hydrogens is 228 g/mol. The first-order valence-corrected chi connectivity index (χ1v) is 5.76. The van der Waals surface area contributed by atoms with Crippen molar-refractivity contribution in [2.24, 2.45) is 0 Å². The highest BCUT2D eigenvalue weighted by molar-refractivity contribution is 7.14. The van der Waals surface area contributed by atoms with E-state index in [1.165, 1.54) is 18.3 Å². The zero-order chi connectivity index (χ0) is 12.0. The first-order chi connectivity index (χ1) is 7.63. The lowest BCUT2D eigenvalue weighted by Gasteiger charge is -2.00. The second-order valence-electron chi connectivity index (χ2n) is 3.24. The molecule has 5 nitrogen and oxygen atoms in total. The molecule has 1 N–H and O–H groups in total. The first-order valence-electron chi connectivity index (χ1n) is 4.88. The van der Waals surface area contributed by atoms with Gasteiger partial charge in [-0.25, -0.2) is 4.98 Å². The van der Waals surface area contributed by atoms with Crippen molar-refractivity contribution in [1.82, 2.24) is 4.98 Å². The van der Waals surface area contributed by atoms with Crippen molar-refractivity contribution in [3.63, 3.8) is 0 Å². The number of carbonyl (C=O) groups is 2. The maximum absolute atomic E-state index is 11.4. The van der Waals surface area contributed by atoms with E-state index in [2.05, 4.69) is 10.3 Å². The Morgan fingerprint density at radius 3 is 2.88 bits per heavy atom. The van der Waals surface area contributed by atoms with Gasteiger partial charge in [-0.15, -0.1) is 11.3 Å². The van der Waals surface area contributed by atoms with Crippen LogP contribution in [0.15, 0.2) is 5.38 Å². The SMILES string of the molecule is COCCCC(=O)Nc1nc(C(C)=O)cs1. The predicted octanol–water partition coefficient (Wildman–Crippen LogP) is 1.71. The standard InChI is InChI=1S/C10H14N2O3S/c1-7(13)8-6-16-10(11-8)12-9(14)4-3-5-15-2/h6H,3-5H2,1-2H3,(H,11,12,14). The number of amides is 1. The fraction of sp³-hybridized carbons (Fsp3) is 0.500. The Morgan fingerprint density at radius 2 is 2.31 bits per heavy atom. The summed E-state index contributed by atoms with van der Waals surface area (Å²) in [6.07, 6.45) is 1.07. The molecule has 0 aliphatic rings. The minimum absolute atomic E-state index is 0.101. The third-order valence-electron chi connectivity index (χ3n) is 1.86. The van der Waals surface area contributed by atoms with E-state index in [9.17, 15) is 9.59 Å². The lowest BCUT2D eigenvalue weighted by Crippen LogP contribution is -2.12. The van der Waals surface area contributed by atoms with Gasteiger partial charge < -0.3 is 10.1 Å². The summed E-state index contributed by atoms with van der Waals surface area (Å²) in [4.78, 5) is 26.3. The van der Waals surface area contributed by atoms with Gasteiger partial charge >= 0.3 is 0 Å². The number of thiazole rings is 1. The number of ether oxygens (including phenoxy) is 1. The highest BCUT2D eigenvalue weighted by Gasteiger charge is 2.08. The summed E-state index contributed by atoms with van der Waals surface area (Å²) in [6, 6.07) is 0. The predicted molar refractivity (Wildman–Crippen MR) is 61.9 cm³/mol. The van der Waals surface area contributed by atoms with E-state index in [1.54, 1.807) is 12.5 Å². The average molecular weight is 242 g/mol. The first kappa shape index (κ1) is 12.8. The molecule has 0 aliphatic heterocycles. The normalized spacial score (nSPS) is 10.1. The Bertz CT molecular complexity index is 376. The van der Waals surface area contributed by atoms with Gasteiger partial charge in [0.05, 0.1) is 0 Å². The Labute approximate surface area is 97.8 Å². The van der Waals surface area contributed by atoms with Crippen LogP contribution in [-0.4, -0.2) is 30.4 Å². The Balaban J connectivity index is 2.40. The lowest BCUT2D eigenvalue weighted by atomic mass is 10.3. The molecule has 0 aliphatic carbocycles. The third-order valence-corrected chi connectivity index (χ3v) is 2.62. The summed E-state index contributed by atoms with van der Waals surface area (Å²) in [6.45, 7) is 2.00. The van der Waals surface area contributed by atoms with Gasteiger partial charge in [-0.2, -0.15) is 0 Å². The van der Waals surface area contributed by atoms with Gasteiger partial charge in [0.25, 0.3) is 0 Å². The van der Waals surface area contributed by atoms with Gasteiger partial charge in [-0.05, 0) is 6.42 Å². The smallest absolute Gasteiger partial charge is 0.226 e. The van der Waals surface area contributed by atoms with E-state index < -0.39 is 0 Å². The van der Waals surface area contributed by atoms with E-state index in [0.29, 0.717) is 30.3 Å². The zero-order valence-corrected chi connectivity index (χ0v) is 10.1. The molecule has 0 saturated heterocycles. The minimum atomic E-state index is -0.110. The van der Waals surface area contributed by atoms with Crippen LogP contribution in [-0.2, 0) is 9.53 Å². The van der Waals surface area contributed by atoms with Gasteiger partial charge in [0.15, 0.2) is 10.9 Å². The molecule has 0 fully saturated rings. The molecule has 6 heteroatoms. The van der Waals surface area contributed by atoms with Gasteiger partial charge in [0.2, 0.25) is 5.91 Å². The van der Waals surface area contributed by atoms with Crippen LogP contribution in [0.3, 0.4) is 0 Å². The molecule has 0 aromatic carbocycles. The maximum Gasteiger partial charge on any atom is 0.226 e. The molecule has 1 amide bonds. The molecular formula is C10H14N2O3S. The summed E-state index contributed by atoms with van der Waals surface area (Å²) in [7, 11) is 1.60. The van der Waals surface area contributed by atoms with E-state index in [0.717, 1.165) is 0 Å². The number of methoxy groups -OCH3 is 1. The summed E-state index contributed by atoms with van der Waals surface area (Å²) in [5, 5.41) is 4.73. The van der Waals surface area contributed by atoms with Gasteiger partial charge in [0.1, 0.15) is 5.69 Å². The largest absolute Gasteiger partial charge is 0.385 e. The maximum atomic E-state index is 11.4.